The molecule has 3 aromatic carbocycles. The highest BCUT2D eigenvalue weighted by atomic mass is 32.2. The Hall–Kier alpha value is -7.76. The standard InChI is InChI=1S/C66H91N13O21S2/c1-36-31-78-56(57(36)88)62(93)68-30-44(83)28-46(69-58(89)40-11-9-39(10-12-40)47-33-79-66(70-47)101-63(74-79)41-13-15-43(16-14-41)76-23-21-75(22-24-76)20-6-4-5-7-25-97-3)59(90)71-53(37(2)82)64(94)77-32-45(84)29-48(77)60(91)72-54(51(87)26-38-8-17-49(85)52(27-38)98-102-100-99-96)61(92)73-55(65(78)95)50(86)18-19-67-42(34-80)35-81/h8-17,27,33,36-37,42,44-46,48,50-51,53-57,67,80-88,96H,4-7,18-26,28-32,34-35H2,1-3H3,(H,68,93)(H,69,89)(H,71,90)(H,72,91)(H,73,92)/t36-,37+,44+,45+,46-,48-,50+,51+,53-,54-,55-,56-,57-/m0/s1. The monoisotopic (exact) mass is 1470 g/mol. The number of carbonyl (C=O) groups excluding carboxylic acids is 7. The lowest BCUT2D eigenvalue weighted by Crippen LogP contribution is -2.64. The number of phenolic OH excluding ortho intramolecular Hbond substituents is 1. The van der Waals surface area contributed by atoms with Crippen LogP contribution < -0.4 is 41.0 Å². The van der Waals surface area contributed by atoms with Crippen molar-refractivity contribution in [3.8, 4) is 33.3 Å². The molecule has 9 rings (SSSR count). The maximum absolute atomic E-state index is 15.0. The number of carbonyl (C=O) groups is 7. The van der Waals surface area contributed by atoms with Gasteiger partial charge in [-0.15, -0.1) is 0 Å². The molecule has 0 bridgehead atoms. The average Bonchev–Trinajstić information content (AvgIpc) is 1.64. The number of aliphatic hydroxyl groups is 8. The first-order valence-corrected chi connectivity index (χ1v) is 35.3. The van der Waals surface area contributed by atoms with Crippen LogP contribution in [0.3, 0.4) is 0 Å². The first-order chi connectivity index (χ1) is 49.0. The molecule has 36 heteroatoms. The summed E-state index contributed by atoms with van der Waals surface area (Å²) in [6, 6.07) is 5.69. The van der Waals surface area contributed by atoms with E-state index in [1.54, 1.807) is 30.0 Å². The van der Waals surface area contributed by atoms with E-state index in [-0.39, 0.29) is 42.3 Å². The maximum atomic E-state index is 15.0. The fourth-order valence-electron chi connectivity index (χ4n) is 12.9. The highest BCUT2D eigenvalue weighted by molar-refractivity contribution is 7.90. The number of methoxy groups -OCH3 is 1. The van der Waals surface area contributed by atoms with Gasteiger partial charge in [-0.3, -0.25) is 38.5 Å². The van der Waals surface area contributed by atoms with Crippen LogP contribution in [0.15, 0.2) is 72.9 Å². The second kappa shape index (κ2) is 37.1. The summed E-state index contributed by atoms with van der Waals surface area (Å²) in [6.45, 7) is 5.48. The molecule has 5 aromatic rings. The molecular weight excluding hydrogens is 1370 g/mol. The number of rotatable bonds is 27. The molecule has 6 heterocycles. The molecule has 4 aliphatic heterocycles. The zero-order chi connectivity index (χ0) is 73.3. The van der Waals surface area contributed by atoms with Gasteiger partial charge in [0.2, 0.25) is 40.4 Å². The normalized spacial score (nSPS) is 24.7. The summed E-state index contributed by atoms with van der Waals surface area (Å²) < 4.78 is 16.2. The number of benzene rings is 3. The minimum Gasteiger partial charge on any atom is -0.504 e. The summed E-state index contributed by atoms with van der Waals surface area (Å²) in [6.07, 6.45) is -6.28. The minimum absolute atomic E-state index is 0.0152. The van der Waals surface area contributed by atoms with Gasteiger partial charge >= 0.3 is 0 Å². The van der Waals surface area contributed by atoms with Crippen LogP contribution in [-0.2, 0) is 49.3 Å². The zero-order valence-electron chi connectivity index (χ0n) is 56.6. The van der Waals surface area contributed by atoms with Crippen LogP contribution in [0.25, 0.3) is 26.8 Å². The summed E-state index contributed by atoms with van der Waals surface area (Å²) in [7, 11) is 1.73. The largest absolute Gasteiger partial charge is 0.504 e. The number of hydrogen-bond donors (Lipinski definition) is 16. The van der Waals surface area contributed by atoms with Crippen LogP contribution in [0.5, 0.6) is 11.5 Å². The third-order valence-corrected chi connectivity index (χ3v) is 20.0. The summed E-state index contributed by atoms with van der Waals surface area (Å²) in [4.78, 5) is 115. The lowest BCUT2D eigenvalue weighted by molar-refractivity contribution is -0.433. The van der Waals surface area contributed by atoms with Crippen molar-refractivity contribution in [3.63, 3.8) is 0 Å². The number of ether oxygens (including phenoxy) is 1. The molecule has 7 amide bonds. The van der Waals surface area contributed by atoms with Crippen molar-refractivity contribution < 1.29 is 103 Å². The predicted molar refractivity (Wildman–Crippen MR) is 367 cm³/mol. The first-order valence-electron chi connectivity index (χ1n) is 33.8. The van der Waals surface area contributed by atoms with E-state index in [4.69, 9.17) is 24.3 Å². The van der Waals surface area contributed by atoms with E-state index in [1.165, 1.54) is 61.8 Å². The Morgan fingerprint density at radius 3 is 2.15 bits per heavy atom. The number of unbranched alkanes of at least 4 members (excludes halogenated alkanes) is 3. The van der Waals surface area contributed by atoms with E-state index < -0.39 is 184 Å². The highest BCUT2D eigenvalue weighted by Gasteiger charge is 2.50. The quantitative estimate of drug-likeness (QED) is 0.0115. The number of amides is 7. The molecule has 4 fully saturated rings. The minimum atomic E-state index is -2.16. The second-order valence-electron chi connectivity index (χ2n) is 26.0. The molecule has 102 heavy (non-hydrogen) atoms. The Bertz CT molecular complexity index is 3590. The van der Waals surface area contributed by atoms with Gasteiger partial charge < -0.3 is 101 Å². The van der Waals surface area contributed by atoms with Gasteiger partial charge in [0, 0.05) is 107 Å². The number of phenols is 1. The van der Waals surface area contributed by atoms with Crippen molar-refractivity contribution in [2.24, 2.45) is 5.92 Å². The lowest BCUT2D eigenvalue weighted by atomic mass is 9.98. The fourth-order valence-corrected chi connectivity index (χ4v) is 14.0. The Kier molecular flexibility index (Phi) is 28.5. The van der Waals surface area contributed by atoms with Gasteiger partial charge in [-0.1, -0.05) is 58.7 Å². The van der Waals surface area contributed by atoms with Crippen molar-refractivity contribution in [1.29, 1.82) is 0 Å². The third-order valence-electron chi connectivity index (χ3n) is 18.6. The van der Waals surface area contributed by atoms with E-state index in [1.807, 2.05) is 0 Å². The van der Waals surface area contributed by atoms with Gasteiger partial charge in [-0.2, -0.15) is 5.10 Å². The van der Waals surface area contributed by atoms with Gasteiger partial charge in [0.15, 0.2) is 11.5 Å². The number of β-amino-alcohol motifs (C(OH)–C–C–N with tert-alkyl or cyclic N) is 1. The molecular formula is C66H91N13O21S2. The van der Waals surface area contributed by atoms with Crippen molar-refractivity contribution in [2.45, 2.75) is 144 Å². The van der Waals surface area contributed by atoms with Crippen molar-refractivity contribution in [1.82, 2.24) is 61.2 Å². The Labute approximate surface area is 595 Å². The van der Waals surface area contributed by atoms with Gasteiger partial charge in [0.1, 0.15) is 41.3 Å². The molecule has 2 aromatic heterocycles. The number of aromatic hydroxyl groups is 1. The number of imidazole rings is 1. The fraction of sp³-hybridized carbons (Fsp3) is 0.561. The van der Waals surface area contributed by atoms with Crippen LogP contribution in [0.2, 0.25) is 0 Å². The molecule has 0 spiro atoms. The number of fused-ring (bicyclic) bond motifs is 3. The molecule has 13 atom stereocenters. The molecule has 0 radical (unpaired) electrons. The van der Waals surface area contributed by atoms with E-state index in [0.29, 0.717) is 16.2 Å². The van der Waals surface area contributed by atoms with Gasteiger partial charge in [-0.25, -0.2) is 14.8 Å². The van der Waals surface area contributed by atoms with Crippen molar-refractivity contribution >= 4 is 75.7 Å². The van der Waals surface area contributed by atoms with Crippen LogP contribution in [0.4, 0.5) is 5.69 Å². The van der Waals surface area contributed by atoms with Crippen LogP contribution in [0.1, 0.15) is 74.7 Å². The Balaban J connectivity index is 0.946. The maximum Gasteiger partial charge on any atom is 0.261 e. The Morgan fingerprint density at radius 1 is 0.775 bits per heavy atom. The number of anilines is 1. The van der Waals surface area contributed by atoms with Crippen molar-refractivity contribution in [2.75, 3.05) is 90.7 Å². The summed E-state index contributed by atoms with van der Waals surface area (Å²) >= 11 is 1.46. The van der Waals surface area contributed by atoms with E-state index in [9.17, 15) is 74.7 Å². The molecule has 0 saturated carbocycles. The predicted octanol–water partition coefficient (Wildman–Crippen LogP) is -2.20. The average molecular weight is 1470 g/mol. The molecule has 4 aliphatic rings. The van der Waals surface area contributed by atoms with Crippen LogP contribution in [-0.4, -0.2) is 287 Å². The third kappa shape index (κ3) is 20.1. The van der Waals surface area contributed by atoms with Gasteiger partial charge in [-0.05, 0) is 93.4 Å². The van der Waals surface area contributed by atoms with E-state index in [0.717, 1.165) is 84.8 Å². The topological polar surface area (TPSA) is 474 Å². The summed E-state index contributed by atoms with van der Waals surface area (Å²) in [5.41, 5.74) is 3.32. The van der Waals surface area contributed by atoms with Crippen LogP contribution >= 0.6 is 23.7 Å². The van der Waals surface area contributed by atoms with E-state index in [2.05, 4.69) is 75.3 Å². The number of piperazine rings is 1. The lowest BCUT2D eigenvalue weighted by Gasteiger charge is -2.36. The zero-order valence-corrected chi connectivity index (χ0v) is 58.2. The molecule has 558 valence electrons. The number of aromatic nitrogens is 3. The van der Waals surface area contributed by atoms with Gasteiger partial charge in [0.25, 0.3) is 18.2 Å². The highest BCUT2D eigenvalue weighted by Crippen LogP contribution is 2.33. The SMILES string of the molecule is COCCCCCCN1CCN(c2ccc(-c3nn4cc(-c5ccc(C(=O)N[C@H]6C[C@@H](O)CNC(=O)[C@@H]7[C@@H](O)[C@@H](C)CN7C(=O)[C@H]([C@H](O)CCNC(CO)CO)NC(=O)[C@H]([C@H](O)Cc7ccc(O)c(OSOOO)c7)NC(=O)[C@@H]7C[C@@H](O)CN7C(=O)[C@H]([C@@H](C)O)NC6=O)cc5)nc4s3)cc2)CC1. The smallest absolute Gasteiger partial charge is 0.261 e. The molecule has 16 N–H and O–H groups in total. The summed E-state index contributed by atoms with van der Waals surface area (Å²) in [5, 5.41) is 132. The molecule has 0 aliphatic carbocycles. The second-order valence-corrected chi connectivity index (χ2v) is 27.4. The van der Waals surface area contributed by atoms with Crippen molar-refractivity contribution in [3.05, 3.63) is 84.1 Å². The number of aliphatic hydroxyl groups excluding tert-OH is 8. The number of nitrogens with zero attached hydrogens (tertiary/aromatic N) is 7. The number of nitrogens with one attached hydrogen (secondary N) is 6. The summed E-state index contributed by atoms with van der Waals surface area (Å²) in [5.74, 6) is -9.62. The van der Waals surface area contributed by atoms with Crippen LogP contribution in [0, 0.1) is 5.92 Å². The Morgan fingerprint density at radius 2 is 1.46 bits per heavy atom. The van der Waals surface area contributed by atoms with Gasteiger partial charge in [0.05, 0.1) is 67.8 Å². The number of hydrogen-bond acceptors (Lipinski definition) is 28. The molecule has 4 saturated heterocycles. The molecule has 34 nitrogen and oxygen atoms in total. The first kappa shape index (κ1) is 78.4. The van der Waals surface area contributed by atoms with E-state index >= 15 is 4.79 Å². The molecule has 0 unspecified atom stereocenters.